The highest BCUT2D eigenvalue weighted by Gasteiger charge is 2.14. The van der Waals surface area contributed by atoms with E-state index in [0.29, 0.717) is 11.4 Å². The van der Waals surface area contributed by atoms with Crippen LogP contribution in [0.5, 0.6) is 5.75 Å². The van der Waals surface area contributed by atoms with Gasteiger partial charge in [0.25, 0.3) is 15.9 Å². The molecule has 0 fully saturated rings. The van der Waals surface area contributed by atoms with E-state index in [0.717, 1.165) is 22.4 Å². The summed E-state index contributed by atoms with van der Waals surface area (Å²) in [5.41, 5.74) is 4.29. The molecule has 1 amide bonds. The molecule has 0 radical (unpaired) electrons. The first-order valence-electron chi connectivity index (χ1n) is 9.43. The van der Waals surface area contributed by atoms with Gasteiger partial charge in [-0.15, -0.1) is 0 Å². The van der Waals surface area contributed by atoms with Crippen LogP contribution in [0.2, 0.25) is 0 Å². The Kier molecular flexibility index (Phi) is 6.42. The molecule has 6 nitrogen and oxygen atoms in total. The Balaban J connectivity index is 1.60. The fourth-order valence-electron chi connectivity index (χ4n) is 2.86. The Bertz CT molecular complexity index is 1160. The van der Waals surface area contributed by atoms with Crippen LogP contribution in [0.15, 0.2) is 71.6 Å². The summed E-state index contributed by atoms with van der Waals surface area (Å²) in [6, 6.07) is 18.7. The normalized spacial score (nSPS) is 11.0. The molecule has 7 heteroatoms. The van der Waals surface area contributed by atoms with E-state index < -0.39 is 10.0 Å². The summed E-state index contributed by atoms with van der Waals surface area (Å²) < 4.78 is 33.1. The van der Waals surface area contributed by atoms with Gasteiger partial charge in [0.15, 0.2) is 6.61 Å². The van der Waals surface area contributed by atoms with E-state index in [9.17, 15) is 13.2 Å². The summed E-state index contributed by atoms with van der Waals surface area (Å²) in [5, 5.41) is 2.82. The van der Waals surface area contributed by atoms with Crippen molar-refractivity contribution in [1.82, 2.24) is 0 Å². The first-order chi connectivity index (χ1) is 14.2. The maximum atomic E-state index is 12.5. The Hall–Kier alpha value is -3.32. The molecule has 0 aliphatic carbocycles. The highest BCUT2D eigenvalue weighted by atomic mass is 32.2. The van der Waals surface area contributed by atoms with Gasteiger partial charge in [-0.3, -0.25) is 9.52 Å². The summed E-state index contributed by atoms with van der Waals surface area (Å²) in [5.74, 6) is 0.113. The Morgan fingerprint density at radius 2 is 1.63 bits per heavy atom. The van der Waals surface area contributed by atoms with E-state index in [1.165, 1.54) is 24.3 Å². The molecule has 0 aliphatic rings. The molecule has 0 saturated carbocycles. The SMILES string of the molecule is Cc1cccc(NS(=O)(=O)c2ccc(OCC(=O)Nc3cccc(C)c3C)cc2)c1. The minimum Gasteiger partial charge on any atom is -0.484 e. The first-order valence-corrected chi connectivity index (χ1v) is 10.9. The Morgan fingerprint density at radius 1 is 0.933 bits per heavy atom. The fraction of sp³-hybridized carbons (Fsp3) is 0.174. The number of carbonyl (C=O) groups is 1. The molecule has 3 rings (SSSR count). The van der Waals surface area contributed by atoms with Crippen molar-refractivity contribution in [2.75, 3.05) is 16.6 Å². The fourth-order valence-corrected chi connectivity index (χ4v) is 3.91. The second-order valence-electron chi connectivity index (χ2n) is 7.03. The molecule has 0 spiro atoms. The summed E-state index contributed by atoms with van der Waals surface area (Å²) in [7, 11) is -3.71. The maximum Gasteiger partial charge on any atom is 0.262 e. The molecule has 156 valence electrons. The predicted octanol–water partition coefficient (Wildman–Crippen LogP) is 4.43. The van der Waals surface area contributed by atoms with E-state index in [1.54, 1.807) is 18.2 Å². The van der Waals surface area contributed by atoms with Crippen molar-refractivity contribution in [3.8, 4) is 5.75 Å². The number of ether oxygens (including phenoxy) is 1. The second kappa shape index (κ2) is 9.00. The zero-order valence-corrected chi connectivity index (χ0v) is 17.9. The average molecular weight is 425 g/mol. The number of hydrogen-bond donors (Lipinski definition) is 2. The lowest BCUT2D eigenvalue weighted by Gasteiger charge is -2.12. The summed E-state index contributed by atoms with van der Waals surface area (Å²) in [4.78, 5) is 12.3. The van der Waals surface area contributed by atoms with Gasteiger partial charge in [0.05, 0.1) is 4.90 Å². The van der Waals surface area contributed by atoms with E-state index in [1.807, 2.05) is 45.0 Å². The molecule has 3 aromatic carbocycles. The standard InChI is InChI=1S/C23H24N2O4S/c1-16-6-4-8-19(14-16)25-30(27,28)21-12-10-20(11-13-21)29-15-23(26)24-22-9-5-7-17(2)18(22)3/h4-14,25H,15H2,1-3H3,(H,24,26). The molecule has 0 unspecified atom stereocenters. The Labute approximate surface area is 177 Å². The molecular weight excluding hydrogens is 400 g/mol. The van der Waals surface area contributed by atoms with E-state index in [4.69, 9.17) is 4.74 Å². The van der Waals surface area contributed by atoms with E-state index in [2.05, 4.69) is 10.0 Å². The van der Waals surface area contributed by atoms with Crippen molar-refractivity contribution in [2.45, 2.75) is 25.7 Å². The van der Waals surface area contributed by atoms with Gasteiger partial charge in [0.2, 0.25) is 0 Å². The van der Waals surface area contributed by atoms with E-state index in [-0.39, 0.29) is 17.4 Å². The van der Waals surface area contributed by atoms with Gasteiger partial charge in [0, 0.05) is 11.4 Å². The van der Waals surface area contributed by atoms with Crippen LogP contribution in [0.1, 0.15) is 16.7 Å². The van der Waals surface area contributed by atoms with E-state index >= 15 is 0 Å². The van der Waals surface area contributed by atoms with Crippen molar-refractivity contribution < 1.29 is 17.9 Å². The molecular formula is C23H24N2O4S. The smallest absolute Gasteiger partial charge is 0.262 e. The van der Waals surface area contributed by atoms with Crippen LogP contribution >= 0.6 is 0 Å². The van der Waals surface area contributed by atoms with Crippen LogP contribution in [-0.2, 0) is 14.8 Å². The van der Waals surface area contributed by atoms with Crippen LogP contribution < -0.4 is 14.8 Å². The molecule has 0 aliphatic heterocycles. The zero-order chi connectivity index (χ0) is 21.7. The lowest BCUT2D eigenvalue weighted by Crippen LogP contribution is -2.20. The number of benzene rings is 3. The molecule has 0 heterocycles. The Morgan fingerprint density at radius 3 is 2.33 bits per heavy atom. The average Bonchev–Trinajstić information content (AvgIpc) is 2.70. The minimum absolute atomic E-state index is 0.108. The summed E-state index contributed by atoms with van der Waals surface area (Å²) >= 11 is 0. The highest BCUT2D eigenvalue weighted by molar-refractivity contribution is 7.92. The van der Waals surface area contributed by atoms with Gasteiger partial charge in [-0.1, -0.05) is 24.3 Å². The molecule has 3 aromatic rings. The topological polar surface area (TPSA) is 84.5 Å². The van der Waals surface area contributed by atoms with Gasteiger partial charge in [0.1, 0.15) is 5.75 Å². The largest absolute Gasteiger partial charge is 0.484 e. The quantitative estimate of drug-likeness (QED) is 0.588. The van der Waals surface area contributed by atoms with Crippen molar-refractivity contribution in [1.29, 1.82) is 0 Å². The first kappa shape index (κ1) is 21.4. The highest BCUT2D eigenvalue weighted by Crippen LogP contribution is 2.21. The van der Waals surface area contributed by atoms with Gasteiger partial charge in [-0.25, -0.2) is 8.42 Å². The molecule has 2 N–H and O–H groups in total. The molecule has 0 bridgehead atoms. The number of nitrogens with one attached hydrogen (secondary N) is 2. The van der Waals surface area contributed by atoms with Crippen molar-refractivity contribution in [2.24, 2.45) is 0 Å². The monoisotopic (exact) mass is 424 g/mol. The lowest BCUT2D eigenvalue weighted by molar-refractivity contribution is -0.118. The number of sulfonamides is 1. The minimum atomic E-state index is -3.71. The van der Waals surface area contributed by atoms with Crippen LogP contribution in [0, 0.1) is 20.8 Å². The number of rotatable bonds is 7. The van der Waals surface area contributed by atoms with Crippen LogP contribution in [0.3, 0.4) is 0 Å². The van der Waals surface area contributed by atoms with Gasteiger partial charge in [-0.05, 0) is 79.9 Å². The lowest BCUT2D eigenvalue weighted by atomic mass is 10.1. The third-order valence-electron chi connectivity index (χ3n) is 4.65. The van der Waals surface area contributed by atoms with Gasteiger partial charge >= 0.3 is 0 Å². The van der Waals surface area contributed by atoms with Crippen LogP contribution in [0.4, 0.5) is 11.4 Å². The van der Waals surface area contributed by atoms with Crippen LogP contribution in [-0.4, -0.2) is 20.9 Å². The summed E-state index contributed by atoms with van der Waals surface area (Å²) in [6.45, 7) is 5.63. The number of hydrogen-bond acceptors (Lipinski definition) is 4. The van der Waals surface area contributed by atoms with Crippen molar-refractivity contribution in [3.05, 3.63) is 83.4 Å². The number of anilines is 2. The molecule has 0 aromatic heterocycles. The van der Waals surface area contributed by atoms with Crippen molar-refractivity contribution >= 4 is 27.3 Å². The summed E-state index contributed by atoms with van der Waals surface area (Å²) in [6.07, 6.45) is 0. The number of carbonyl (C=O) groups excluding carboxylic acids is 1. The molecule has 0 saturated heterocycles. The second-order valence-corrected chi connectivity index (χ2v) is 8.71. The number of aryl methyl sites for hydroxylation is 2. The van der Waals surface area contributed by atoms with Gasteiger partial charge < -0.3 is 10.1 Å². The third kappa shape index (κ3) is 5.39. The van der Waals surface area contributed by atoms with Gasteiger partial charge in [-0.2, -0.15) is 0 Å². The number of amides is 1. The maximum absolute atomic E-state index is 12.5. The zero-order valence-electron chi connectivity index (χ0n) is 17.1. The molecule has 0 atom stereocenters. The molecule has 30 heavy (non-hydrogen) atoms. The predicted molar refractivity (Wildman–Crippen MR) is 118 cm³/mol. The third-order valence-corrected chi connectivity index (χ3v) is 6.05. The van der Waals surface area contributed by atoms with Crippen molar-refractivity contribution in [3.63, 3.8) is 0 Å². The van der Waals surface area contributed by atoms with Crippen LogP contribution in [0.25, 0.3) is 0 Å².